The molecule has 0 aliphatic carbocycles. The second-order valence-electron chi connectivity index (χ2n) is 4.14. The van der Waals surface area contributed by atoms with Crippen LogP contribution in [0, 0.1) is 0 Å². The van der Waals surface area contributed by atoms with Gasteiger partial charge in [-0.3, -0.25) is 0 Å². The van der Waals surface area contributed by atoms with Crippen LogP contribution in [0.25, 0.3) is 0 Å². The van der Waals surface area contributed by atoms with Crippen LogP contribution >= 0.6 is 12.2 Å². The first-order chi connectivity index (χ1) is 9.51. The van der Waals surface area contributed by atoms with Crippen LogP contribution < -0.4 is 22.1 Å². The van der Waals surface area contributed by atoms with E-state index >= 15 is 0 Å². The van der Waals surface area contributed by atoms with E-state index in [1.165, 1.54) is 0 Å². The van der Waals surface area contributed by atoms with E-state index in [4.69, 9.17) is 23.7 Å². The lowest BCUT2D eigenvalue weighted by Crippen LogP contribution is -2.33. The molecular formula is C12H20N6OS. The molecule has 0 fully saturated rings. The zero-order valence-electron chi connectivity index (χ0n) is 11.7. The van der Waals surface area contributed by atoms with Crippen molar-refractivity contribution in [2.45, 2.75) is 26.7 Å². The topological polar surface area (TPSA) is 119 Å². The normalized spacial score (nSPS) is 10.1. The van der Waals surface area contributed by atoms with Crippen molar-refractivity contribution in [3.63, 3.8) is 0 Å². The molecule has 6 N–H and O–H groups in total. The third-order valence-electron chi connectivity index (χ3n) is 2.81. The summed E-state index contributed by atoms with van der Waals surface area (Å²) in [6, 6.07) is -0.567. The van der Waals surface area contributed by atoms with Crippen LogP contribution in [0.3, 0.4) is 0 Å². The molecule has 110 valence electrons. The standard InChI is InChI=1S/C12H20N6OS/c1-3-7-8(4-2)17-18-11(9(7)10(13)20)15-5-6-16-12(14)19/h3-6H2,1-2H3,(H2,13,20)(H,15,18)(H3,14,16,19). The molecule has 2 amide bonds. The van der Waals surface area contributed by atoms with Gasteiger partial charge in [0.25, 0.3) is 0 Å². The molecule has 0 atom stereocenters. The number of nitrogens with zero attached hydrogens (tertiary/aromatic N) is 2. The predicted octanol–water partition coefficient (Wildman–Crippen LogP) is 0.316. The highest BCUT2D eigenvalue weighted by atomic mass is 32.1. The SMILES string of the molecule is CCc1nnc(NCCNC(N)=O)c(C(N)=S)c1CC. The second-order valence-corrected chi connectivity index (χ2v) is 4.58. The minimum atomic E-state index is -0.567. The number of thiocarbonyl (C=S) groups is 1. The summed E-state index contributed by atoms with van der Waals surface area (Å²) in [5.41, 5.74) is 13.4. The Hall–Kier alpha value is -1.96. The number of carbonyl (C=O) groups is 1. The lowest BCUT2D eigenvalue weighted by Gasteiger charge is -2.15. The van der Waals surface area contributed by atoms with Gasteiger partial charge in [-0.1, -0.05) is 26.1 Å². The molecule has 20 heavy (non-hydrogen) atoms. The molecule has 8 heteroatoms. The molecule has 1 aromatic rings. The number of rotatable bonds is 7. The molecule has 0 saturated heterocycles. The molecule has 0 radical (unpaired) electrons. The minimum absolute atomic E-state index is 0.289. The summed E-state index contributed by atoms with van der Waals surface area (Å²) in [5.74, 6) is 0.540. The first-order valence-electron chi connectivity index (χ1n) is 6.46. The molecule has 0 spiro atoms. The highest BCUT2D eigenvalue weighted by molar-refractivity contribution is 7.80. The van der Waals surface area contributed by atoms with Crippen molar-refractivity contribution >= 4 is 29.1 Å². The Bertz CT molecular complexity index is 505. The molecule has 0 aliphatic rings. The molecule has 7 nitrogen and oxygen atoms in total. The maximum Gasteiger partial charge on any atom is 0.312 e. The predicted molar refractivity (Wildman–Crippen MR) is 82.8 cm³/mol. The van der Waals surface area contributed by atoms with Gasteiger partial charge in [0.2, 0.25) is 0 Å². The van der Waals surface area contributed by atoms with Gasteiger partial charge in [0, 0.05) is 13.1 Å². The van der Waals surface area contributed by atoms with Gasteiger partial charge in [-0.2, -0.15) is 5.10 Å². The summed E-state index contributed by atoms with van der Waals surface area (Å²) in [6.45, 7) is 4.87. The van der Waals surface area contributed by atoms with E-state index in [-0.39, 0.29) is 4.99 Å². The van der Waals surface area contributed by atoms with Gasteiger partial charge in [-0.25, -0.2) is 4.79 Å². The molecule has 1 heterocycles. The van der Waals surface area contributed by atoms with E-state index in [1.54, 1.807) is 0 Å². The Kier molecular flexibility index (Phi) is 6.10. The van der Waals surface area contributed by atoms with E-state index in [2.05, 4.69) is 20.8 Å². The van der Waals surface area contributed by atoms with Crippen molar-refractivity contribution < 1.29 is 4.79 Å². The summed E-state index contributed by atoms with van der Waals surface area (Å²) >= 11 is 5.11. The number of aryl methyl sites for hydroxylation is 1. The van der Waals surface area contributed by atoms with E-state index in [0.717, 1.165) is 29.7 Å². The first-order valence-corrected chi connectivity index (χ1v) is 6.87. The molecule has 0 saturated carbocycles. The van der Waals surface area contributed by atoms with Gasteiger partial charge in [0.15, 0.2) is 5.82 Å². The summed E-state index contributed by atoms with van der Waals surface area (Å²) in [5, 5.41) is 13.9. The molecule has 1 rings (SSSR count). The number of hydrogen-bond acceptors (Lipinski definition) is 5. The number of nitrogens with one attached hydrogen (secondary N) is 2. The maximum absolute atomic E-state index is 10.6. The lowest BCUT2D eigenvalue weighted by atomic mass is 10.0. The number of nitrogens with two attached hydrogens (primary N) is 2. The zero-order valence-corrected chi connectivity index (χ0v) is 12.5. The van der Waals surface area contributed by atoms with Crippen LogP contribution in [0.15, 0.2) is 0 Å². The molecule has 0 aliphatic heterocycles. The zero-order chi connectivity index (χ0) is 15.1. The quantitative estimate of drug-likeness (QED) is 0.425. The third kappa shape index (κ3) is 4.02. The molecule has 0 aromatic carbocycles. The fourth-order valence-electron chi connectivity index (χ4n) is 1.93. The average molecular weight is 296 g/mol. The van der Waals surface area contributed by atoms with Crippen molar-refractivity contribution in [1.82, 2.24) is 15.5 Å². The highest BCUT2D eigenvalue weighted by Crippen LogP contribution is 2.20. The van der Waals surface area contributed by atoms with Crippen LogP contribution in [0.4, 0.5) is 10.6 Å². The van der Waals surface area contributed by atoms with Crippen molar-refractivity contribution in [1.29, 1.82) is 0 Å². The van der Waals surface area contributed by atoms with Gasteiger partial charge in [-0.05, 0) is 18.4 Å². The minimum Gasteiger partial charge on any atom is -0.389 e. The van der Waals surface area contributed by atoms with E-state index in [0.29, 0.717) is 18.9 Å². The average Bonchev–Trinajstić information content (AvgIpc) is 2.41. The maximum atomic E-state index is 10.6. The summed E-state index contributed by atoms with van der Waals surface area (Å²) < 4.78 is 0. The number of aromatic nitrogens is 2. The Morgan fingerprint density at radius 2 is 1.90 bits per heavy atom. The van der Waals surface area contributed by atoms with Crippen molar-refractivity contribution in [3.8, 4) is 0 Å². The smallest absolute Gasteiger partial charge is 0.312 e. The Balaban J connectivity index is 2.95. The largest absolute Gasteiger partial charge is 0.389 e. The third-order valence-corrected chi connectivity index (χ3v) is 3.01. The van der Waals surface area contributed by atoms with Gasteiger partial charge < -0.3 is 22.1 Å². The monoisotopic (exact) mass is 296 g/mol. The molecule has 0 unspecified atom stereocenters. The Morgan fingerprint density at radius 3 is 2.40 bits per heavy atom. The summed E-state index contributed by atoms with van der Waals surface area (Å²) in [4.78, 5) is 10.9. The summed E-state index contributed by atoms with van der Waals surface area (Å²) in [6.07, 6.45) is 1.55. The van der Waals surface area contributed by atoms with E-state index < -0.39 is 6.03 Å². The van der Waals surface area contributed by atoms with Crippen molar-refractivity contribution in [2.24, 2.45) is 11.5 Å². The van der Waals surface area contributed by atoms with Gasteiger partial charge >= 0.3 is 6.03 Å². The fourth-order valence-corrected chi connectivity index (χ4v) is 2.15. The van der Waals surface area contributed by atoms with Crippen LogP contribution in [0.5, 0.6) is 0 Å². The molecule has 1 aromatic heterocycles. The van der Waals surface area contributed by atoms with Crippen LogP contribution in [-0.4, -0.2) is 34.3 Å². The second kappa shape index (κ2) is 7.59. The Morgan fingerprint density at radius 1 is 1.20 bits per heavy atom. The van der Waals surface area contributed by atoms with Gasteiger partial charge in [-0.15, -0.1) is 5.10 Å². The number of anilines is 1. The first kappa shape index (κ1) is 16.1. The van der Waals surface area contributed by atoms with Crippen LogP contribution in [0.1, 0.15) is 30.7 Å². The number of urea groups is 1. The van der Waals surface area contributed by atoms with E-state index in [1.807, 2.05) is 13.8 Å². The van der Waals surface area contributed by atoms with Crippen molar-refractivity contribution in [2.75, 3.05) is 18.4 Å². The fraction of sp³-hybridized carbons (Fsp3) is 0.500. The van der Waals surface area contributed by atoms with Gasteiger partial charge in [0.1, 0.15) is 4.99 Å². The number of amides is 2. The lowest BCUT2D eigenvalue weighted by molar-refractivity contribution is 0.249. The van der Waals surface area contributed by atoms with E-state index in [9.17, 15) is 4.79 Å². The number of primary amides is 1. The Labute approximate surface area is 123 Å². The summed E-state index contributed by atoms with van der Waals surface area (Å²) in [7, 11) is 0. The molecular weight excluding hydrogens is 276 g/mol. The highest BCUT2D eigenvalue weighted by Gasteiger charge is 2.16. The van der Waals surface area contributed by atoms with Crippen LogP contribution in [0.2, 0.25) is 0 Å². The van der Waals surface area contributed by atoms with Crippen LogP contribution in [-0.2, 0) is 12.8 Å². The molecule has 0 bridgehead atoms. The van der Waals surface area contributed by atoms with Crippen molar-refractivity contribution in [3.05, 3.63) is 16.8 Å². The van der Waals surface area contributed by atoms with Gasteiger partial charge in [0.05, 0.1) is 11.3 Å². The number of hydrogen-bond donors (Lipinski definition) is 4. The number of carbonyl (C=O) groups excluding carboxylic acids is 1.